The van der Waals surface area contributed by atoms with Crippen LogP contribution in [-0.2, 0) is 16.4 Å². The van der Waals surface area contributed by atoms with Crippen molar-refractivity contribution in [3.8, 4) is 0 Å². The first-order valence-corrected chi connectivity index (χ1v) is 14.1. The maximum absolute atomic E-state index is 13.7. The second-order valence-corrected chi connectivity index (χ2v) is 12.6. The van der Waals surface area contributed by atoms with Gasteiger partial charge in [-0.25, -0.2) is 17.2 Å². The zero-order chi connectivity index (χ0) is 27.2. The summed E-state index contributed by atoms with van der Waals surface area (Å²) in [4.78, 5) is 12.5. The second-order valence-electron chi connectivity index (χ2n) is 9.97. The highest BCUT2D eigenvalue weighted by Gasteiger charge is 2.59. The number of carbonyl (C=O) groups is 1. The molecule has 5 atom stereocenters. The molecule has 202 valence electrons. The predicted octanol–water partition coefficient (Wildman–Crippen LogP) is 3.82. The summed E-state index contributed by atoms with van der Waals surface area (Å²) in [6.07, 6.45) is 3.56. The Morgan fingerprint density at radius 2 is 1.87 bits per heavy atom. The van der Waals surface area contributed by atoms with E-state index >= 15 is 0 Å². The van der Waals surface area contributed by atoms with E-state index in [1.165, 1.54) is 28.9 Å². The zero-order valence-corrected chi connectivity index (χ0v) is 21.7. The van der Waals surface area contributed by atoms with Gasteiger partial charge in [0.15, 0.2) is 21.5 Å². The van der Waals surface area contributed by atoms with Crippen molar-refractivity contribution in [2.75, 3.05) is 5.32 Å². The fourth-order valence-corrected chi connectivity index (χ4v) is 8.29. The van der Waals surface area contributed by atoms with Crippen molar-refractivity contribution in [2.45, 2.75) is 54.1 Å². The largest absolute Gasteiger partial charge is 0.388 e. The van der Waals surface area contributed by atoms with Gasteiger partial charge in [0, 0.05) is 29.7 Å². The minimum Gasteiger partial charge on any atom is -0.388 e. The van der Waals surface area contributed by atoms with Crippen molar-refractivity contribution in [2.24, 2.45) is 11.8 Å². The number of anilines is 1. The average Bonchev–Trinajstić information content (AvgIpc) is 3.42. The van der Waals surface area contributed by atoms with Gasteiger partial charge in [-0.1, -0.05) is 11.6 Å². The van der Waals surface area contributed by atoms with Crippen LogP contribution >= 0.6 is 11.6 Å². The summed E-state index contributed by atoms with van der Waals surface area (Å²) in [7, 11) is -4.02. The SMILES string of the molecule is O=C(Nc1ccc(F)c(F)c1)c1ccc(Cl)c(S(=O)(=O)[C@H]2CC3CC[C@@H](C2)[C@@]3(O)C(O)Cn2cccn2)c1. The van der Waals surface area contributed by atoms with Crippen LogP contribution in [0, 0.1) is 23.5 Å². The number of aliphatic hydroxyl groups is 2. The van der Waals surface area contributed by atoms with E-state index in [0.29, 0.717) is 12.8 Å². The number of benzene rings is 2. The van der Waals surface area contributed by atoms with E-state index in [-0.39, 0.29) is 40.6 Å². The molecule has 2 saturated carbocycles. The fraction of sp³-hybridized carbons (Fsp3) is 0.385. The van der Waals surface area contributed by atoms with E-state index in [1.807, 2.05) is 0 Å². The third-order valence-electron chi connectivity index (χ3n) is 7.84. The predicted molar refractivity (Wildman–Crippen MR) is 135 cm³/mol. The van der Waals surface area contributed by atoms with Crippen LogP contribution in [0.3, 0.4) is 0 Å². The molecule has 0 saturated heterocycles. The lowest BCUT2D eigenvalue weighted by atomic mass is 9.71. The van der Waals surface area contributed by atoms with E-state index < -0.39 is 56.2 Å². The molecule has 2 aliphatic rings. The molecule has 3 N–H and O–H groups in total. The van der Waals surface area contributed by atoms with Crippen LogP contribution < -0.4 is 5.32 Å². The van der Waals surface area contributed by atoms with Gasteiger partial charge in [-0.3, -0.25) is 9.48 Å². The van der Waals surface area contributed by atoms with Crippen LogP contribution in [-0.4, -0.2) is 51.3 Å². The minimum atomic E-state index is -4.02. The summed E-state index contributed by atoms with van der Waals surface area (Å²) in [5, 5.41) is 28.0. The van der Waals surface area contributed by atoms with Crippen LogP contribution in [0.5, 0.6) is 0 Å². The van der Waals surface area contributed by atoms with Crippen LogP contribution in [0.2, 0.25) is 5.02 Å². The number of aromatic nitrogens is 2. The smallest absolute Gasteiger partial charge is 0.255 e. The van der Waals surface area contributed by atoms with E-state index in [1.54, 1.807) is 18.5 Å². The molecule has 1 amide bonds. The second kappa shape index (κ2) is 10.0. The van der Waals surface area contributed by atoms with E-state index in [2.05, 4.69) is 10.4 Å². The Morgan fingerprint density at radius 3 is 2.50 bits per heavy atom. The van der Waals surface area contributed by atoms with E-state index in [9.17, 15) is 32.2 Å². The van der Waals surface area contributed by atoms with Crippen molar-refractivity contribution in [3.05, 3.63) is 77.1 Å². The number of nitrogens with zero attached hydrogens (tertiary/aromatic N) is 2. The third kappa shape index (κ3) is 4.72. The maximum Gasteiger partial charge on any atom is 0.255 e. The maximum atomic E-state index is 13.7. The molecule has 8 nitrogen and oxygen atoms in total. The fourth-order valence-electron chi connectivity index (χ4n) is 5.89. The molecular weight excluding hydrogens is 540 g/mol. The molecule has 1 aromatic heterocycles. The highest BCUT2D eigenvalue weighted by molar-refractivity contribution is 7.92. The van der Waals surface area contributed by atoms with Gasteiger partial charge in [-0.2, -0.15) is 5.10 Å². The molecule has 2 aromatic carbocycles. The first-order valence-electron chi connectivity index (χ1n) is 12.2. The number of sulfone groups is 1. The molecule has 0 aliphatic heterocycles. The van der Waals surface area contributed by atoms with Crippen molar-refractivity contribution >= 4 is 33.0 Å². The summed E-state index contributed by atoms with van der Waals surface area (Å²) < 4.78 is 55.7. The zero-order valence-electron chi connectivity index (χ0n) is 20.1. The van der Waals surface area contributed by atoms with Crippen LogP contribution in [0.1, 0.15) is 36.0 Å². The van der Waals surface area contributed by atoms with Gasteiger partial charge in [0.25, 0.3) is 5.91 Å². The number of hydrogen-bond acceptors (Lipinski definition) is 6. The molecule has 2 bridgehead atoms. The van der Waals surface area contributed by atoms with E-state index in [0.717, 1.165) is 12.1 Å². The van der Waals surface area contributed by atoms with Gasteiger partial charge in [0.05, 0.1) is 27.3 Å². The molecule has 1 heterocycles. The molecule has 0 spiro atoms. The van der Waals surface area contributed by atoms with Crippen molar-refractivity contribution in [3.63, 3.8) is 0 Å². The Balaban J connectivity index is 1.36. The molecule has 0 radical (unpaired) electrons. The van der Waals surface area contributed by atoms with Crippen LogP contribution in [0.25, 0.3) is 0 Å². The third-order valence-corrected chi connectivity index (χ3v) is 10.5. The van der Waals surface area contributed by atoms with Gasteiger partial charge in [-0.15, -0.1) is 0 Å². The summed E-state index contributed by atoms with van der Waals surface area (Å²) in [6.45, 7) is 0.0921. The molecular formula is C26H26ClF2N3O5S. The monoisotopic (exact) mass is 565 g/mol. The first-order chi connectivity index (χ1) is 18.0. The Kier molecular flexibility index (Phi) is 7.06. The van der Waals surface area contributed by atoms with Crippen molar-refractivity contribution in [1.29, 1.82) is 0 Å². The number of amides is 1. The molecule has 5 rings (SSSR count). The number of aliphatic hydroxyl groups excluding tert-OH is 1. The molecule has 2 aliphatic carbocycles. The summed E-state index contributed by atoms with van der Waals surface area (Å²) in [5.41, 5.74) is -1.46. The van der Waals surface area contributed by atoms with Crippen LogP contribution in [0.4, 0.5) is 14.5 Å². The molecule has 2 unspecified atom stereocenters. The van der Waals surface area contributed by atoms with Crippen molar-refractivity contribution < 1.29 is 32.2 Å². The normalized spacial score (nSPS) is 25.8. The van der Waals surface area contributed by atoms with E-state index in [4.69, 9.17) is 11.6 Å². The number of fused-ring (bicyclic) bond motifs is 2. The topological polar surface area (TPSA) is 122 Å². The molecule has 3 aromatic rings. The van der Waals surface area contributed by atoms with Gasteiger partial charge >= 0.3 is 0 Å². The summed E-state index contributed by atoms with van der Waals surface area (Å²) >= 11 is 6.28. The lowest BCUT2D eigenvalue weighted by molar-refractivity contribution is -0.147. The van der Waals surface area contributed by atoms with Crippen molar-refractivity contribution in [1.82, 2.24) is 9.78 Å². The average molecular weight is 566 g/mol. The highest BCUT2D eigenvalue weighted by Crippen LogP contribution is 2.53. The Hall–Kier alpha value is -2.86. The number of rotatable bonds is 7. The standard InChI is InChI=1S/C26H26ClF2N3O5S/c27-20-6-2-15(25(34)31-18-5-7-21(28)22(29)13-18)10-23(20)38(36,37)19-11-16-3-4-17(12-19)26(16,35)24(33)14-32-9-1-8-30-32/h1-2,5-10,13,16-17,19,24,33,35H,3-4,11-12,14H2,(H,31,34)/t16-,17?,19+,24?,26-/m0/s1. The highest BCUT2D eigenvalue weighted by atomic mass is 35.5. The van der Waals surface area contributed by atoms with Gasteiger partial charge in [-0.05, 0) is 73.9 Å². The quantitative estimate of drug-likeness (QED) is 0.400. The van der Waals surface area contributed by atoms with Gasteiger partial charge < -0.3 is 15.5 Å². The van der Waals surface area contributed by atoms with Gasteiger partial charge in [0.2, 0.25) is 0 Å². The van der Waals surface area contributed by atoms with Gasteiger partial charge in [0.1, 0.15) is 6.10 Å². The molecule has 2 fully saturated rings. The lowest BCUT2D eigenvalue weighted by Crippen LogP contribution is -2.56. The molecule has 38 heavy (non-hydrogen) atoms. The van der Waals surface area contributed by atoms with Crippen LogP contribution in [0.15, 0.2) is 59.8 Å². The number of hydrogen-bond donors (Lipinski definition) is 3. The minimum absolute atomic E-state index is 0.00469. The number of carbonyl (C=O) groups excluding carboxylic acids is 1. The first kappa shape index (κ1) is 26.7. The Bertz CT molecular complexity index is 1450. The number of halogens is 3. The Labute approximate surface area is 223 Å². The summed E-state index contributed by atoms with van der Waals surface area (Å²) in [6, 6.07) is 8.40. The number of nitrogens with one attached hydrogen (secondary N) is 1. The summed E-state index contributed by atoms with van der Waals surface area (Å²) in [5.74, 6) is -3.80. The molecule has 12 heteroatoms. The lowest BCUT2D eigenvalue weighted by Gasteiger charge is -2.45. The Morgan fingerprint density at radius 1 is 1.16 bits per heavy atom.